The molecular weight excluding hydrogens is 311 g/mol. The average Bonchev–Trinajstić information content (AvgIpc) is 2.57. The number of carbonyl (C=O) groups excluding carboxylic acids is 2. The predicted octanol–water partition coefficient (Wildman–Crippen LogP) is 3.20. The van der Waals surface area contributed by atoms with Crippen molar-refractivity contribution >= 4 is 29.3 Å². The van der Waals surface area contributed by atoms with Crippen LogP contribution >= 0.6 is 0 Å². The molecule has 24 heavy (non-hydrogen) atoms. The Hall–Kier alpha value is -3.15. The van der Waals surface area contributed by atoms with E-state index in [2.05, 4.69) is 10.6 Å². The second-order valence-corrected chi connectivity index (χ2v) is 5.33. The number of rotatable bonds is 3. The summed E-state index contributed by atoms with van der Waals surface area (Å²) in [7, 11) is 0. The fourth-order valence-electron chi connectivity index (χ4n) is 2.35. The van der Waals surface area contributed by atoms with Crippen molar-refractivity contribution in [2.45, 2.75) is 6.92 Å². The molecule has 2 aromatic carbocycles. The molecular formula is C18H15FN2O3. The van der Waals surface area contributed by atoms with Gasteiger partial charge in [-0.2, -0.15) is 0 Å². The van der Waals surface area contributed by atoms with Crippen molar-refractivity contribution < 1.29 is 18.7 Å². The second kappa shape index (κ2) is 6.54. The van der Waals surface area contributed by atoms with Crippen LogP contribution in [0.4, 0.5) is 15.8 Å². The maximum atomic E-state index is 13.6. The summed E-state index contributed by atoms with van der Waals surface area (Å²) in [5, 5.41) is 5.05. The molecule has 122 valence electrons. The van der Waals surface area contributed by atoms with Gasteiger partial charge < -0.3 is 15.4 Å². The number of halogens is 1. The highest BCUT2D eigenvalue weighted by Gasteiger charge is 2.17. The van der Waals surface area contributed by atoms with Crippen LogP contribution in [0.2, 0.25) is 0 Å². The van der Waals surface area contributed by atoms with Gasteiger partial charge in [0.25, 0.3) is 5.91 Å². The number of hydrogen-bond donors (Lipinski definition) is 2. The van der Waals surface area contributed by atoms with E-state index in [0.717, 1.165) is 11.3 Å². The number of anilines is 2. The van der Waals surface area contributed by atoms with Gasteiger partial charge in [-0.15, -0.1) is 0 Å². The summed E-state index contributed by atoms with van der Waals surface area (Å²) in [5.41, 5.74) is 1.68. The third-order valence-corrected chi connectivity index (χ3v) is 3.46. The van der Waals surface area contributed by atoms with E-state index in [1.165, 1.54) is 25.1 Å². The summed E-state index contributed by atoms with van der Waals surface area (Å²) >= 11 is 0. The van der Waals surface area contributed by atoms with E-state index in [-0.39, 0.29) is 18.2 Å². The van der Waals surface area contributed by atoms with E-state index in [4.69, 9.17) is 4.74 Å². The zero-order chi connectivity index (χ0) is 17.1. The standard InChI is InChI=1S/C18H15FN2O3/c1-11(22)20-16-9-14(6-7-15(16)19)21-18(23)13-8-12-4-2-3-5-17(12)24-10-13/h2-9H,10H2,1H3,(H,20,22)(H,21,23). The van der Waals surface area contributed by atoms with Crippen LogP contribution in [-0.2, 0) is 9.59 Å². The number of nitrogens with one attached hydrogen (secondary N) is 2. The summed E-state index contributed by atoms with van der Waals surface area (Å²) in [5.74, 6) is -0.580. The SMILES string of the molecule is CC(=O)Nc1cc(NC(=O)C2=Cc3ccccc3OC2)ccc1F. The zero-order valence-electron chi connectivity index (χ0n) is 12.9. The van der Waals surface area contributed by atoms with Gasteiger partial charge in [0.05, 0.1) is 11.3 Å². The van der Waals surface area contributed by atoms with Crippen LogP contribution in [0.3, 0.4) is 0 Å². The smallest absolute Gasteiger partial charge is 0.255 e. The molecule has 1 aliphatic heterocycles. The lowest BCUT2D eigenvalue weighted by atomic mass is 10.1. The number of hydrogen-bond acceptors (Lipinski definition) is 3. The Kier molecular flexibility index (Phi) is 4.29. The van der Waals surface area contributed by atoms with E-state index in [0.29, 0.717) is 11.3 Å². The molecule has 5 nitrogen and oxygen atoms in total. The molecule has 0 aromatic heterocycles. The van der Waals surface area contributed by atoms with E-state index in [1.807, 2.05) is 24.3 Å². The number of carbonyl (C=O) groups is 2. The second-order valence-electron chi connectivity index (χ2n) is 5.33. The monoisotopic (exact) mass is 326 g/mol. The van der Waals surface area contributed by atoms with Gasteiger partial charge in [-0.3, -0.25) is 9.59 Å². The Balaban J connectivity index is 1.78. The Bertz CT molecular complexity index is 846. The summed E-state index contributed by atoms with van der Waals surface area (Å²) in [6, 6.07) is 11.4. The summed E-state index contributed by atoms with van der Waals surface area (Å²) in [6.07, 6.45) is 1.76. The van der Waals surface area contributed by atoms with Gasteiger partial charge >= 0.3 is 0 Å². The first-order valence-corrected chi connectivity index (χ1v) is 7.34. The Labute approximate surface area is 138 Å². The molecule has 0 saturated carbocycles. The molecule has 0 radical (unpaired) electrons. The molecule has 1 aliphatic rings. The number of fused-ring (bicyclic) bond motifs is 1. The van der Waals surface area contributed by atoms with E-state index < -0.39 is 11.7 Å². The Morgan fingerprint density at radius 1 is 1.12 bits per heavy atom. The number of ether oxygens (including phenoxy) is 1. The zero-order valence-corrected chi connectivity index (χ0v) is 12.9. The molecule has 2 amide bonds. The maximum Gasteiger partial charge on any atom is 0.255 e. The average molecular weight is 326 g/mol. The van der Waals surface area contributed by atoms with Gasteiger partial charge in [0, 0.05) is 18.2 Å². The molecule has 0 aliphatic carbocycles. The largest absolute Gasteiger partial charge is 0.488 e. The molecule has 0 unspecified atom stereocenters. The lowest BCUT2D eigenvalue weighted by Crippen LogP contribution is -2.21. The van der Waals surface area contributed by atoms with Crippen LogP contribution in [0.15, 0.2) is 48.0 Å². The normalized spacial score (nSPS) is 12.5. The lowest BCUT2D eigenvalue weighted by molar-refractivity contribution is -0.114. The summed E-state index contributed by atoms with van der Waals surface area (Å²) in [4.78, 5) is 23.4. The van der Waals surface area contributed by atoms with Crippen molar-refractivity contribution in [3.8, 4) is 5.75 Å². The minimum atomic E-state index is -0.572. The molecule has 6 heteroatoms. The van der Waals surface area contributed by atoms with E-state index in [1.54, 1.807) is 6.08 Å². The van der Waals surface area contributed by atoms with E-state index in [9.17, 15) is 14.0 Å². The fourth-order valence-corrected chi connectivity index (χ4v) is 2.35. The van der Waals surface area contributed by atoms with Gasteiger partial charge in [-0.25, -0.2) is 4.39 Å². The fraction of sp³-hybridized carbons (Fsp3) is 0.111. The van der Waals surface area contributed by atoms with Gasteiger partial charge in [0.1, 0.15) is 18.2 Å². The quantitative estimate of drug-likeness (QED) is 0.910. The molecule has 0 saturated heterocycles. The molecule has 0 bridgehead atoms. The molecule has 2 N–H and O–H groups in total. The highest BCUT2D eigenvalue weighted by molar-refractivity contribution is 6.07. The molecule has 0 fully saturated rings. The van der Waals surface area contributed by atoms with Crippen LogP contribution in [0, 0.1) is 5.82 Å². The Morgan fingerprint density at radius 3 is 2.71 bits per heavy atom. The minimum absolute atomic E-state index is 0.0134. The maximum absolute atomic E-state index is 13.6. The van der Waals surface area contributed by atoms with Crippen molar-refractivity contribution in [3.05, 3.63) is 59.4 Å². The first-order valence-electron chi connectivity index (χ1n) is 7.34. The third kappa shape index (κ3) is 3.43. The van der Waals surface area contributed by atoms with Crippen LogP contribution in [0.25, 0.3) is 6.08 Å². The van der Waals surface area contributed by atoms with Crippen molar-refractivity contribution in [2.75, 3.05) is 17.2 Å². The van der Waals surface area contributed by atoms with E-state index >= 15 is 0 Å². The summed E-state index contributed by atoms with van der Waals surface area (Å²) in [6.45, 7) is 1.44. The molecule has 0 spiro atoms. The van der Waals surface area contributed by atoms with Crippen molar-refractivity contribution in [1.82, 2.24) is 0 Å². The highest BCUT2D eigenvalue weighted by Crippen LogP contribution is 2.26. The predicted molar refractivity (Wildman–Crippen MR) is 89.2 cm³/mol. The Morgan fingerprint density at radius 2 is 1.92 bits per heavy atom. The number of para-hydroxylation sites is 1. The van der Waals surface area contributed by atoms with Crippen molar-refractivity contribution in [3.63, 3.8) is 0 Å². The van der Waals surface area contributed by atoms with Crippen LogP contribution in [0.1, 0.15) is 12.5 Å². The van der Waals surface area contributed by atoms with Gasteiger partial charge in [0.2, 0.25) is 5.91 Å². The topological polar surface area (TPSA) is 67.4 Å². The highest BCUT2D eigenvalue weighted by atomic mass is 19.1. The minimum Gasteiger partial charge on any atom is -0.488 e. The van der Waals surface area contributed by atoms with Crippen LogP contribution in [-0.4, -0.2) is 18.4 Å². The van der Waals surface area contributed by atoms with Crippen LogP contribution in [0.5, 0.6) is 5.75 Å². The molecule has 1 heterocycles. The van der Waals surface area contributed by atoms with Crippen molar-refractivity contribution in [2.24, 2.45) is 0 Å². The first kappa shape index (κ1) is 15.7. The molecule has 3 rings (SSSR count). The summed E-state index contributed by atoms with van der Waals surface area (Å²) < 4.78 is 19.2. The number of benzene rings is 2. The van der Waals surface area contributed by atoms with Gasteiger partial charge in [-0.1, -0.05) is 18.2 Å². The first-order chi connectivity index (χ1) is 11.5. The third-order valence-electron chi connectivity index (χ3n) is 3.46. The lowest BCUT2D eigenvalue weighted by Gasteiger charge is -2.17. The van der Waals surface area contributed by atoms with Gasteiger partial charge in [0.15, 0.2) is 0 Å². The van der Waals surface area contributed by atoms with Crippen LogP contribution < -0.4 is 15.4 Å². The molecule has 0 atom stereocenters. The number of amides is 2. The molecule has 2 aromatic rings. The van der Waals surface area contributed by atoms with Crippen molar-refractivity contribution in [1.29, 1.82) is 0 Å². The van der Waals surface area contributed by atoms with Gasteiger partial charge in [-0.05, 0) is 30.3 Å².